The first-order chi connectivity index (χ1) is 11.0. The van der Waals surface area contributed by atoms with Crippen LogP contribution in [0.25, 0.3) is 0 Å². The number of carboxylic acids is 1. The normalized spacial score (nSPS) is 29.3. The van der Waals surface area contributed by atoms with Gasteiger partial charge in [0.25, 0.3) is 5.56 Å². The second-order valence-corrected chi connectivity index (χ2v) is 8.64. The molecule has 2 heterocycles. The Labute approximate surface area is 138 Å². The second kappa shape index (κ2) is 6.82. The molecule has 1 aliphatic rings. The minimum atomic E-state index is -3.65. The van der Waals surface area contributed by atoms with Crippen molar-refractivity contribution < 1.29 is 33.6 Å². The van der Waals surface area contributed by atoms with Crippen molar-refractivity contribution in [3.05, 3.63) is 33.1 Å². The average molecular weight is 384 g/mol. The van der Waals surface area contributed by atoms with E-state index in [1.54, 1.807) is 0 Å². The van der Waals surface area contributed by atoms with E-state index < -0.39 is 61.1 Å². The minimum absolute atomic E-state index is 0.478. The van der Waals surface area contributed by atoms with Gasteiger partial charge in [0.1, 0.15) is 25.0 Å². The number of hydrogen-bond donors (Lipinski definition) is 4. The third kappa shape index (κ3) is 3.97. The zero-order valence-corrected chi connectivity index (χ0v) is 13.7. The number of nitrogens with zero attached hydrogens (tertiary/aromatic N) is 1. The number of aliphatic carboxylic acids is 1. The number of alkyl halides is 1. The van der Waals surface area contributed by atoms with Gasteiger partial charge in [0, 0.05) is 12.3 Å². The van der Waals surface area contributed by atoms with E-state index in [4.69, 9.17) is 14.4 Å². The first-order valence-corrected chi connectivity index (χ1v) is 9.40. The van der Waals surface area contributed by atoms with Crippen molar-refractivity contribution in [3.63, 3.8) is 0 Å². The summed E-state index contributed by atoms with van der Waals surface area (Å²) in [6.07, 6.45) is -3.10. The molecule has 134 valence electrons. The van der Waals surface area contributed by atoms with E-state index in [0.717, 1.165) is 12.3 Å². The summed E-state index contributed by atoms with van der Waals surface area (Å²) in [6, 6.07) is 0.902. The lowest BCUT2D eigenvalue weighted by Crippen LogP contribution is -2.49. The Bertz CT molecular complexity index is 797. The molecule has 0 amide bonds. The Morgan fingerprint density at radius 2 is 2.29 bits per heavy atom. The van der Waals surface area contributed by atoms with Gasteiger partial charge >= 0.3 is 11.7 Å². The van der Waals surface area contributed by atoms with Gasteiger partial charge in [-0.2, -0.15) is 0 Å². The number of halogens is 1. The number of aromatic amines is 1. The van der Waals surface area contributed by atoms with E-state index in [2.05, 4.69) is 11.8 Å². The van der Waals surface area contributed by atoms with Crippen LogP contribution in [0.1, 0.15) is 0 Å². The molecule has 0 saturated carbocycles. The van der Waals surface area contributed by atoms with Crippen molar-refractivity contribution in [1.82, 2.24) is 9.55 Å². The maximum Gasteiger partial charge on any atom is 0.331 e. The second-order valence-electron chi connectivity index (χ2n) is 5.08. The molecule has 2 rings (SSSR count). The highest BCUT2D eigenvalue weighted by Crippen LogP contribution is 2.43. The van der Waals surface area contributed by atoms with Gasteiger partial charge in [-0.25, -0.2) is 9.18 Å². The lowest BCUT2D eigenvalue weighted by atomic mass is 10.1. The van der Waals surface area contributed by atoms with Crippen LogP contribution in [0, 0.1) is 0 Å². The minimum Gasteiger partial charge on any atom is -0.481 e. The Balaban J connectivity index is 2.13. The molecule has 4 atom stereocenters. The molecule has 13 heteroatoms. The zero-order chi connectivity index (χ0) is 18.1. The number of aromatic nitrogens is 2. The molecule has 1 aromatic heterocycles. The van der Waals surface area contributed by atoms with Crippen molar-refractivity contribution in [3.8, 4) is 0 Å². The van der Waals surface area contributed by atoms with Crippen molar-refractivity contribution in [1.29, 1.82) is 0 Å². The first kappa shape index (κ1) is 18.9. The number of ether oxygens (including phenoxy) is 1. The summed E-state index contributed by atoms with van der Waals surface area (Å²) in [7, 11) is 0. The van der Waals surface area contributed by atoms with E-state index in [1.807, 2.05) is 4.98 Å². The number of hydrogen-bond acceptors (Lipinski definition) is 7. The molecular weight excluding hydrogens is 370 g/mol. The van der Waals surface area contributed by atoms with Crippen molar-refractivity contribution in [2.75, 3.05) is 19.4 Å². The van der Waals surface area contributed by atoms with Gasteiger partial charge in [0.15, 0.2) is 6.49 Å². The molecule has 1 saturated heterocycles. The molecule has 0 aliphatic carbocycles. The highest BCUT2D eigenvalue weighted by molar-refractivity contribution is 8.09. The van der Waals surface area contributed by atoms with Crippen LogP contribution in [0.4, 0.5) is 4.39 Å². The standard InChI is InChI=1S/C11H14FN2O8PS/c12-11(14-2-1-7(15)13-10(14)19)5-21-6(9(11)18)3-22-23(20,24)4-8(16)17/h1-2,6,9,18H,3-5H2,(H,16,17)(H,20,24)(H,13,15,19)/t6-,9-,11+,23?/m1/s1. The molecule has 0 radical (unpaired) electrons. The van der Waals surface area contributed by atoms with Gasteiger partial charge in [-0.15, -0.1) is 0 Å². The third-order valence-corrected chi connectivity index (χ3v) is 5.23. The molecule has 4 N–H and O–H groups in total. The van der Waals surface area contributed by atoms with E-state index in [0.29, 0.717) is 4.57 Å². The van der Waals surface area contributed by atoms with Gasteiger partial charge in [0.05, 0.1) is 6.61 Å². The van der Waals surface area contributed by atoms with Crippen LogP contribution >= 0.6 is 6.49 Å². The summed E-state index contributed by atoms with van der Waals surface area (Å²) in [5, 5.41) is 18.7. The van der Waals surface area contributed by atoms with Crippen LogP contribution in [0.15, 0.2) is 21.9 Å². The highest BCUT2D eigenvalue weighted by atomic mass is 32.5. The number of carbonyl (C=O) groups is 1. The maximum absolute atomic E-state index is 14.9. The summed E-state index contributed by atoms with van der Waals surface area (Å²) in [6.45, 7) is -4.94. The molecule has 1 aliphatic heterocycles. The number of aliphatic hydroxyl groups is 1. The summed E-state index contributed by atoms with van der Waals surface area (Å²) >= 11 is 4.62. The molecule has 0 spiro atoms. The SMILES string of the molecule is O=C(O)CP(O)(=S)OC[C@H]1OC[C@](F)(n2ccc(=O)[nH]c2=O)[C@@H]1O. The molecule has 0 bridgehead atoms. The van der Waals surface area contributed by atoms with Crippen LogP contribution < -0.4 is 11.2 Å². The van der Waals surface area contributed by atoms with Gasteiger partial charge in [0.2, 0.25) is 5.79 Å². The van der Waals surface area contributed by atoms with Crippen LogP contribution in [0.3, 0.4) is 0 Å². The fraction of sp³-hybridized carbons (Fsp3) is 0.545. The van der Waals surface area contributed by atoms with Gasteiger partial charge in [-0.05, 0) is 11.8 Å². The predicted octanol–water partition coefficient (Wildman–Crippen LogP) is -1.68. The number of nitrogens with one attached hydrogen (secondary N) is 1. The lowest BCUT2D eigenvalue weighted by molar-refractivity contribution is -0.134. The quantitative estimate of drug-likeness (QED) is 0.422. The molecule has 10 nitrogen and oxygen atoms in total. The third-order valence-electron chi connectivity index (χ3n) is 3.31. The van der Waals surface area contributed by atoms with Crippen LogP contribution in [0.5, 0.6) is 0 Å². The van der Waals surface area contributed by atoms with Crippen molar-refractivity contribution in [2.24, 2.45) is 0 Å². The van der Waals surface area contributed by atoms with Gasteiger partial charge in [-0.3, -0.25) is 19.1 Å². The van der Waals surface area contributed by atoms with Crippen molar-refractivity contribution >= 4 is 24.3 Å². The van der Waals surface area contributed by atoms with Crippen molar-refractivity contribution in [2.45, 2.75) is 18.0 Å². The molecule has 1 unspecified atom stereocenters. The monoisotopic (exact) mass is 384 g/mol. The summed E-state index contributed by atoms with van der Waals surface area (Å²) < 4.78 is 25.3. The van der Waals surface area contributed by atoms with Gasteiger partial charge in [-0.1, -0.05) is 0 Å². The Morgan fingerprint density at radius 3 is 2.88 bits per heavy atom. The van der Waals surface area contributed by atoms with Gasteiger partial charge < -0.3 is 24.4 Å². The van der Waals surface area contributed by atoms with E-state index in [9.17, 15) is 28.8 Å². The number of aliphatic hydroxyl groups excluding tert-OH is 1. The Hall–Kier alpha value is -1.43. The van der Waals surface area contributed by atoms with Crippen LogP contribution in [-0.2, 0) is 31.7 Å². The summed E-state index contributed by atoms with van der Waals surface area (Å²) in [5.41, 5.74) is -1.81. The molecule has 1 aromatic rings. The Morgan fingerprint density at radius 1 is 1.62 bits per heavy atom. The fourth-order valence-electron chi connectivity index (χ4n) is 2.15. The molecule has 0 aromatic carbocycles. The van der Waals surface area contributed by atoms with Crippen LogP contribution in [-0.4, -0.2) is 62.2 Å². The highest BCUT2D eigenvalue weighted by Gasteiger charge is 2.52. The molecule has 1 fully saturated rings. The van der Waals surface area contributed by atoms with E-state index in [-0.39, 0.29) is 0 Å². The topological polar surface area (TPSA) is 151 Å². The smallest absolute Gasteiger partial charge is 0.331 e. The number of H-pyrrole nitrogens is 1. The fourth-order valence-corrected chi connectivity index (χ4v) is 3.48. The molecule has 24 heavy (non-hydrogen) atoms. The number of rotatable bonds is 6. The van der Waals surface area contributed by atoms with E-state index in [1.165, 1.54) is 0 Å². The summed E-state index contributed by atoms with van der Waals surface area (Å²) in [5.74, 6) is -4.03. The average Bonchev–Trinajstić information content (AvgIpc) is 2.72. The maximum atomic E-state index is 14.9. The lowest BCUT2D eigenvalue weighted by Gasteiger charge is -2.25. The predicted molar refractivity (Wildman–Crippen MR) is 81.1 cm³/mol. The van der Waals surface area contributed by atoms with E-state index >= 15 is 0 Å². The first-order valence-electron chi connectivity index (χ1n) is 6.54. The Kier molecular flexibility index (Phi) is 5.37. The van der Waals surface area contributed by atoms with Crippen LogP contribution in [0.2, 0.25) is 0 Å². The molecular formula is C11H14FN2O8PS. The largest absolute Gasteiger partial charge is 0.481 e. The zero-order valence-electron chi connectivity index (χ0n) is 12.0. The number of carboxylic acid groups (broad SMARTS) is 1. The summed E-state index contributed by atoms with van der Waals surface area (Å²) in [4.78, 5) is 44.7.